The lowest BCUT2D eigenvalue weighted by Crippen LogP contribution is -2.28. The summed E-state index contributed by atoms with van der Waals surface area (Å²) in [6, 6.07) is 9.08. The first kappa shape index (κ1) is 17.4. The number of rotatable bonds is 7. The largest absolute Gasteiger partial charge is 0.455 e. The summed E-state index contributed by atoms with van der Waals surface area (Å²) in [5.41, 5.74) is 0.915. The van der Waals surface area contributed by atoms with Crippen LogP contribution in [0.1, 0.15) is 57.4 Å². The molecule has 0 spiro atoms. The van der Waals surface area contributed by atoms with Crippen molar-refractivity contribution in [3.8, 4) is 0 Å². The number of esters is 1. The van der Waals surface area contributed by atoms with Crippen molar-refractivity contribution in [2.75, 3.05) is 0 Å². The van der Waals surface area contributed by atoms with E-state index in [4.69, 9.17) is 4.74 Å². The Hall–Kier alpha value is -1.97. The van der Waals surface area contributed by atoms with Crippen molar-refractivity contribution in [1.29, 1.82) is 0 Å². The number of carbonyl (C=O) groups is 3. The van der Waals surface area contributed by atoms with Crippen molar-refractivity contribution in [2.45, 2.75) is 58.5 Å². The van der Waals surface area contributed by atoms with Gasteiger partial charge in [0.25, 0.3) is 0 Å². The summed E-state index contributed by atoms with van der Waals surface area (Å²) in [5.74, 6) is -2.71. The summed E-state index contributed by atoms with van der Waals surface area (Å²) in [6.45, 7) is 2.17. The summed E-state index contributed by atoms with van der Waals surface area (Å²) in [6.07, 6.45) is 6.59. The molecular weight excluding hydrogens is 292 g/mol. The molecular formula is C19H24O4. The third-order valence-electron chi connectivity index (χ3n) is 4.67. The number of ketones is 2. The van der Waals surface area contributed by atoms with Gasteiger partial charge in [-0.05, 0) is 30.2 Å². The van der Waals surface area contributed by atoms with Crippen LogP contribution in [-0.4, -0.2) is 17.5 Å². The van der Waals surface area contributed by atoms with Crippen molar-refractivity contribution >= 4 is 17.5 Å². The molecule has 2 rings (SSSR count). The number of ether oxygens (including phenoxy) is 1. The van der Waals surface area contributed by atoms with Gasteiger partial charge in [0.05, 0.1) is 0 Å². The Balaban J connectivity index is 1.77. The SMILES string of the molecule is CC1(CCC(=O)C(=O)C(=O)OCc2ccccc2)CCCCC1. The molecule has 0 heterocycles. The summed E-state index contributed by atoms with van der Waals surface area (Å²) >= 11 is 0. The van der Waals surface area contributed by atoms with E-state index in [1.54, 1.807) is 12.1 Å². The number of carbonyl (C=O) groups excluding carboxylic acids is 3. The number of Topliss-reactive ketones (excluding diaryl/α,β-unsaturated/α-hetero) is 2. The lowest BCUT2D eigenvalue weighted by Gasteiger charge is -2.33. The maximum Gasteiger partial charge on any atom is 0.383 e. The summed E-state index contributed by atoms with van der Waals surface area (Å²) in [7, 11) is 0. The van der Waals surface area contributed by atoms with Crippen LogP contribution < -0.4 is 0 Å². The van der Waals surface area contributed by atoms with Gasteiger partial charge >= 0.3 is 11.8 Å². The third kappa shape index (κ3) is 5.31. The van der Waals surface area contributed by atoms with E-state index in [9.17, 15) is 14.4 Å². The smallest absolute Gasteiger partial charge is 0.383 e. The topological polar surface area (TPSA) is 60.4 Å². The Bertz CT molecular complexity index is 556. The first-order valence-corrected chi connectivity index (χ1v) is 8.28. The summed E-state index contributed by atoms with van der Waals surface area (Å²) < 4.78 is 4.92. The summed E-state index contributed by atoms with van der Waals surface area (Å²) in [4.78, 5) is 35.4. The van der Waals surface area contributed by atoms with Gasteiger partial charge in [-0.2, -0.15) is 0 Å². The highest BCUT2D eigenvalue weighted by atomic mass is 16.5. The Morgan fingerprint density at radius 2 is 1.70 bits per heavy atom. The van der Waals surface area contributed by atoms with Gasteiger partial charge in [-0.1, -0.05) is 56.5 Å². The first-order chi connectivity index (χ1) is 11.0. The third-order valence-corrected chi connectivity index (χ3v) is 4.67. The molecule has 0 aromatic heterocycles. The molecule has 0 saturated heterocycles. The lowest BCUT2D eigenvalue weighted by molar-refractivity contribution is -0.157. The molecule has 1 aromatic carbocycles. The highest BCUT2D eigenvalue weighted by Crippen LogP contribution is 2.39. The van der Waals surface area contributed by atoms with Crippen molar-refractivity contribution < 1.29 is 19.1 Å². The molecule has 0 unspecified atom stereocenters. The Kier molecular flexibility index (Phi) is 6.08. The van der Waals surface area contributed by atoms with Gasteiger partial charge in [-0.25, -0.2) is 4.79 Å². The average molecular weight is 316 g/mol. The molecule has 0 N–H and O–H groups in total. The Morgan fingerprint density at radius 3 is 2.35 bits per heavy atom. The second kappa shape index (κ2) is 8.04. The molecule has 4 nitrogen and oxygen atoms in total. The van der Waals surface area contributed by atoms with E-state index in [1.807, 2.05) is 18.2 Å². The quantitative estimate of drug-likeness (QED) is 0.438. The first-order valence-electron chi connectivity index (χ1n) is 8.28. The zero-order valence-electron chi connectivity index (χ0n) is 13.7. The van der Waals surface area contributed by atoms with Gasteiger partial charge in [0.2, 0.25) is 5.78 Å². The summed E-state index contributed by atoms with van der Waals surface area (Å²) in [5, 5.41) is 0. The molecule has 4 heteroatoms. The van der Waals surface area contributed by atoms with E-state index in [2.05, 4.69) is 6.92 Å². The second-order valence-electron chi connectivity index (χ2n) is 6.69. The molecule has 1 aliphatic rings. The molecule has 1 fully saturated rings. The fourth-order valence-electron chi connectivity index (χ4n) is 3.09. The van der Waals surface area contributed by atoms with E-state index >= 15 is 0 Å². The van der Waals surface area contributed by atoms with E-state index in [1.165, 1.54) is 19.3 Å². The number of benzene rings is 1. The van der Waals surface area contributed by atoms with Gasteiger partial charge in [0.15, 0.2) is 0 Å². The van der Waals surface area contributed by atoms with Gasteiger partial charge in [-0.3, -0.25) is 9.59 Å². The van der Waals surface area contributed by atoms with Gasteiger partial charge < -0.3 is 4.74 Å². The number of hydrogen-bond acceptors (Lipinski definition) is 4. The van der Waals surface area contributed by atoms with Crippen LogP contribution in [-0.2, 0) is 25.7 Å². The maximum absolute atomic E-state index is 11.9. The van der Waals surface area contributed by atoms with Crippen LogP contribution in [0.25, 0.3) is 0 Å². The van der Waals surface area contributed by atoms with Crippen molar-refractivity contribution in [3.63, 3.8) is 0 Å². The molecule has 23 heavy (non-hydrogen) atoms. The lowest BCUT2D eigenvalue weighted by atomic mass is 9.72. The van der Waals surface area contributed by atoms with E-state index in [0.717, 1.165) is 18.4 Å². The molecule has 0 amide bonds. The molecule has 0 radical (unpaired) electrons. The van der Waals surface area contributed by atoms with E-state index < -0.39 is 17.5 Å². The van der Waals surface area contributed by atoms with Crippen LogP contribution >= 0.6 is 0 Å². The Morgan fingerprint density at radius 1 is 1.04 bits per heavy atom. The average Bonchev–Trinajstić information content (AvgIpc) is 2.58. The van der Waals surface area contributed by atoms with Crippen molar-refractivity contribution in [3.05, 3.63) is 35.9 Å². The highest BCUT2D eigenvalue weighted by molar-refractivity contribution is 6.62. The minimum Gasteiger partial charge on any atom is -0.455 e. The zero-order valence-corrected chi connectivity index (χ0v) is 13.7. The van der Waals surface area contributed by atoms with Gasteiger partial charge in [-0.15, -0.1) is 0 Å². The van der Waals surface area contributed by atoms with Crippen LogP contribution in [0.3, 0.4) is 0 Å². The predicted octanol–water partition coefficient (Wildman–Crippen LogP) is 3.62. The Labute approximate surface area is 137 Å². The minimum atomic E-state index is -1.05. The van der Waals surface area contributed by atoms with Gasteiger partial charge in [0, 0.05) is 6.42 Å². The highest BCUT2D eigenvalue weighted by Gasteiger charge is 2.30. The normalized spacial score (nSPS) is 16.6. The monoisotopic (exact) mass is 316 g/mol. The van der Waals surface area contributed by atoms with Crippen LogP contribution in [0.15, 0.2) is 30.3 Å². The number of hydrogen-bond donors (Lipinski definition) is 0. The van der Waals surface area contributed by atoms with Crippen molar-refractivity contribution in [1.82, 2.24) is 0 Å². The minimum absolute atomic E-state index is 0.0103. The van der Waals surface area contributed by atoms with Gasteiger partial charge in [0.1, 0.15) is 6.61 Å². The molecule has 124 valence electrons. The fourth-order valence-corrected chi connectivity index (χ4v) is 3.09. The van der Waals surface area contributed by atoms with E-state index in [0.29, 0.717) is 6.42 Å². The maximum atomic E-state index is 11.9. The van der Waals surface area contributed by atoms with Crippen molar-refractivity contribution in [2.24, 2.45) is 5.41 Å². The van der Waals surface area contributed by atoms with Crippen LogP contribution in [0.2, 0.25) is 0 Å². The van der Waals surface area contributed by atoms with Crippen LogP contribution in [0.4, 0.5) is 0 Å². The van der Waals surface area contributed by atoms with E-state index in [-0.39, 0.29) is 18.4 Å². The zero-order chi connectivity index (χ0) is 16.7. The molecule has 0 bridgehead atoms. The molecule has 1 saturated carbocycles. The molecule has 0 atom stereocenters. The predicted molar refractivity (Wildman–Crippen MR) is 86.7 cm³/mol. The van der Waals surface area contributed by atoms with Crippen LogP contribution in [0, 0.1) is 5.41 Å². The molecule has 1 aromatic rings. The molecule has 0 aliphatic heterocycles. The molecule has 1 aliphatic carbocycles. The van der Waals surface area contributed by atoms with Crippen LogP contribution in [0.5, 0.6) is 0 Å². The fraction of sp³-hybridized carbons (Fsp3) is 0.526. The second-order valence-corrected chi connectivity index (χ2v) is 6.69. The standard InChI is InChI=1S/C19H24O4/c1-19(11-6-3-7-12-19)13-10-16(20)17(21)18(22)23-14-15-8-4-2-5-9-15/h2,4-5,8-9H,3,6-7,10-14H2,1H3.